The number of anilines is 1. The average molecular weight is 290 g/mol. The van der Waals surface area contributed by atoms with E-state index in [1.54, 1.807) is 11.4 Å². The number of nitrogens with zero attached hydrogens (tertiary/aromatic N) is 2. The molecule has 2 heterocycles. The fourth-order valence-corrected chi connectivity index (χ4v) is 4.08. The van der Waals surface area contributed by atoms with Crippen LogP contribution in [0.15, 0.2) is 21.7 Å². The van der Waals surface area contributed by atoms with Gasteiger partial charge in [-0.15, -0.1) is 21.5 Å². The standard InChI is InChI=1S/C8H10N4O2S3/c9-4-3-6-10-11-8(16-6)12-17(13,14)7-2-1-5-15-7/h1-2,5H,3-4,9H2,(H,11,12). The van der Waals surface area contributed by atoms with Gasteiger partial charge in [-0.1, -0.05) is 17.4 Å². The van der Waals surface area contributed by atoms with E-state index in [0.29, 0.717) is 13.0 Å². The van der Waals surface area contributed by atoms with E-state index >= 15 is 0 Å². The van der Waals surface area contributed by atoms with Crippen LogP contribution >= 0.6 is 22.7 Å². The minimum Gasteiger partial charge on any atom is -0.330 e. The minimum atomic E-state index is -3.53. The predicted molar refractivity (Wildman–Crippen MR) is 67.8 cm³/mol. The monoisotopic (exact) mass is 290 g/mol. The topological polar surface area (TPSA) is 98.0 Å². The van der Waals surface area contributed by atoms with Crippen LogP contribution in [-0.2, 0) is 16.4 Å². The van der Waals surface area contributed by atoms with Crippen molar-refractivity contribution in [1.82, 2.24) is 10.2 Å². The van der Waals surface area contributed by atoms with Gasteiger partial charge in [-0.3, -0.25) is 4.72 Å². The molecule has 0 saturated heterocycles. The summed E-state index contributed by atoms with van der Waals surface area (Å²) in [6.45, 7) is 0.465. The largest absolute Gasteiger partial charge is 0.330 e. The van der Waals surface area contributed by atoms with Crippen LogP contribution < -0.4 is 10.5 Å². The van der Waals surface area contributed by atoms with Crippen LogP contribution in [0, 0.1) is 0 Å². The molecule has 0 spiro atoms. The van der Waals surface area contributed by atoms with Crippen molar-refractivity contribution < 1.29 is 8.42 Å². The molecule has 0 aromatic carbocycles. The van der Waals surface area contributed by atoms with Gasteiger partial charge >= 0.3 is 0 Å². The molecule has 2 aromatic heterocycles. The minimum absolute atomic E-state index is 0.257. The van der Waals surface area contributed by atoms with Gasteiger partial charge in [0.2, 0.25) is 5.13 Å². The van der Waals surface area contributed by atoms with E-state index in [9.17, 15) is 8.42 Å². The molecule has 0 unspecified atom stereocenters. The van der Waals surface area contributed by atoms with Gasteiger partial charge in [0.15, 0.2) is 0 Å². The lowest BCUT2D eigenvalue weighted by Gasteiger charge is -2.00. The molecule has 0 bridgehead atoms. The number of nitrogens with two attached hydrogens (primary N) is 1. The maximum atomic E-state index is 11.8. The van der Waals surface area contributed by atoms with Crippen molar-refractivity contribution in [2.45, 2.75) is 10.6 Å². The van der Waals surface area contributed by atoms with Gasteiger partial charge in [-0.2, -0.15) is 0 Å². The Balaban J connectivity index is 2.15. The first-order chi connectivity index (χ1) is 8.12. The lowest BCUT2D eigenvalue weighted by atomic mass is 10.5. The molecule has 0 aliphatic rings. The van der Waals surface area contributed by atoms with E-state index < -0.39 is 10.0 Å². The smallest absolute Gasteiger partial charge is 0.273 e. The summed E-state index contributed by atoms with van der Waals surface area (Å²) in [4.78, 5) is 0. The van der Waals surface area contributed by atoms with Crippen molar-refractivity contribution in [3.63, 3.8) is 0 Å². The van der Waals surface area contributed by atoms with Gasteiger partial charge in [0.1, 0.15) is 9.22 Å². The maximum Gasteiger partial charge on any atom is 0.273 e. The van der Waals surface area contributed by atoms with Gasteiger partial charge < -0.3 is 5.73 Å². The summed E-state index contributed by atoms with van der Waals surface area (Å²) in [5, 5.41) is 10.3. The Kier molecular flexibility index (Phi) is 3.72. The number of hydrogen-bond acceptors (Lipinski definition) is 7. The van der Waals surface area contributed by atoms with Gasteiger partial charge in [0, 0.05) is 6.42 Å². The Morgan fingerprint density at radius 3 is 2.88 bits per heavy atom. The van der Waals surface area contributed by atoms with E-state index in [-0.39, 0.29) is 9.34 Å². The lowest BCUT2D eigenvalue weighted by Crippen LogP contribution is -2.11. The number of aromatic nitrogens is 2. The second kappa shape index (κ2) is 5.08. The Bertz CT molecular complexity index is 576. The van der Waals surface area contributed by atoms with Crippen molar-refractivity contribution in [2.24, 2.45) is 5.73 Å². The summed E-state index contributed by atoms with van der Waals surface area (Å²) in [6, 6.07) is 3.22. The van der Waals surface area contributed by atoms with Crippen LogP contribution in [0.25, 0.3) is 0 Å². The first-order valence-corrected chi connectivity index (χ1v) is 7.88. The van der Waals surface area contributed by atoms with Crippen molar-refractivity contribution >= 4 is 37.8 Å². The third-order valence-electron chi connectivity index (χ3n) is 1.81. The van der Waals surface area contributed by atoms with Crippen molar-refractivity contribution in [1.29, 1.82) is 0 Å². The molecule has 2 aromatic rings. The Labute approximate surface area is 107 Å². The molecular formula is C8H10N4O2S3. The second-order valence-electron chi connectivity index (χ2n) is 3.08. The first kappa shape index (κ1) is 12.4. The average Bonchev–Trinajstić information content (AvgIpc) is 2.88. The summed E-state index contributed by atoms with van der Waals surface area (Å²) < 4.78 is 26.3. The number of thiophene rings is 1. The summed E-state index contributed by atoms with van der Waals surface area (Å²) in [5.41, 5.74) is 5.38. The summed E-state index contributed by atoms with van der Waals surface area (Å²) in [6.07, 6.45) is 0.596. The van der Waals surface area contributed by atoms with E-state index in [1.165, 1.54) is 17.4 Å². The molecule has 2 rings (SSSR count). The summed E-state index contributed by atoms with van der Waals surface area (Å²) in [7, 11) is -3.53. The van der Waals surface area contributed by atoms with Gasteiger partial charge in [-0.05, 0) is 18.0 Å². The molecule has 0 atom stereocenters. The van der Waals surface area contributed by atoms with Crippen molar-refractivity contribution in [2.75, 3.05) is 11.3 Å². The first-order valence-electron chi connectivity index (χ1n) is 4.70. The highest BCUT2D eigenvalue weighted by molar-refractivity contribution is 7.94. The fourth-order valence-electron chi connectivity index (χ4n) is 1.10. The third kappa shape index (κ3) is 3.00. The van der Waals surface area contributed by atoms with Gasteiger partial charge in [-0.25, -0.2) is 8.42 Å². The zero-order valence-electron chi connectivity index (χ0n) is 8.66. The van der Waals surface area contributed by atoms with E-state index in [2.05, 4.69) is 14.9 Å². The van der Waals surface area contributed by atoms with Crippen LogP contribution in [0.1, 0.15) is 5.01 Å². The molecule has 17 heavy (non-hydrogen) atoms. The zero-order chi connectivity index (χ0) is 12.3. The molecular weight excluding hydrogens is 280 g/mol. The molecule has 3 N–H and O–H groups in total. The van der Waals surface area contributed by atoms with E-state index in [0.717, 1.165) is 16.3 Å². The predicted octanol–water partition coefficient (Wildman–Crippen LogP) is 0.902. The van der Waals surface area contributed by atoms with Crippen molar-refractivity contribution in [3.8, 4) is 0 Å². The molecule has 0 aliphatic heterocycles. The van der Waals surface area contributed by atoms with Crippen LogP contribution in [-0.4, -0.2) is 25.2 Å². The Morgan fingerprint density at radius 2 is 2.24 bits per heavy atom. The van der Waals surface area contributed by atoms with E-state index in [1.807, 2.05) is 0 Å². The van der Waals surface area contributed by atoms with Gasteiger partial charge in [0.25, 0.3) is 10.0 Å². The molecule has 0 aliphatic carbocycles. The van der Waals surface area contributed by atoms with Crippen LogP contribution in [0.4, 0.5) is 5.13 Å². The quantitative estimate of drug-likeness (QED) is 0.852. The molecule has 0 amide bonds. The maximum absolute atomic E-state index is 11.8. The second-order valence-corrected chi connectivity index (χ2v) is 7.00. The summed E-state index contributed by atoms with van der Waals surface area (Å²) in [5.74, 6) is 0. The Hall–Kier alpha value is -1.03. The number of sulfonamides is 1. The normalized spacial score (nSPS) is 11.6. The molecule has 6 nitrogen and oxygen atoms in total. The highest BCUT2D eigenvalue weighted by atomic mass is 32.2. The molecule has 92 valence electrons. The highest BCUT2D eigenvalue weighted by Gasteiger charge is 2.17. The molecule has 9 heteroatoms. The zero-order valence-corrected chi connectivity index (χ0v) is 11.1. The van der Waals surface area contributed by atoms with E-state index in [4.69, 9.17) is 5.73 Å². The summed E-state index contributed by atoms with van der Waals surface area (Å²) >= 11 is 2.35. The number of rotatable bonds is 5. The molecule has 0 fully saturated rings. The van der Waals surface area contributed by atoms with Crippen LogP contribution in [0.2, 0.25) is 0 Å². The number of hydrogen-bond donors (Lipinski definition) is 2. The fraction of sp³-hybridized carbons (Fsp3) is 0.250. The lowest BCUT2D eigenvalue weighted by molar-refractivity contribution is 0.603. The Morgan fingerprint density at radius 1 is 1.41 bits per heavy atom. The van der Waals surface area contributed by atoms with Gasteiger partial charge in [0.05, 0.1) is 0 Å². The van der Waals surface area contributed by atoms with Crippen molar-refractivity contribution in [3.05, 3.63) is 22.5 Å². The highest BCUT2D eigenvalue weighted by Crippen LogP contribution is 2.22. The molecule has 0 radical (unpaired) electrons. The van der Waals surface area contributed by atoms with Crippen LogP contribution in [0.3, 0.4) is 0 Å². The number of nitrogens with one attached hydrogen (secondary N) is 1. The SMILES string of the molecule is NCCc1nnc(NS(=O)(=O)c2cccs2)s1. The molecule has 0 saturated carbocycles. The van der Waals surface area contributed by atoms with Crippen LogP contribution in [0.5, 0.6) is 0 Å². The third-order valence-corrected chi connectivity index (χ3v) is 5.57.